The van der Waals surface area contributed by atoms with E-state index < -0.39 is 47.2 Å². The van der Waals surface area contributed by atoms with Gasteiger partial charge >= 0.3 is 22.4 Å². The highest BCUT2D eigenvalue weighted by Gasteiger charge is 2.49. The average Bonchev–Trinajstić information content (AvgIpc) is 2.80. The summed E-state index contributed by atoms with van der Waals surface area (Å²) in [5.41, 5.74) is 5.24. The number of nitrogens with zero attached hydrogens (tertiary/aromatic N) is 2. The van der Waals surface area contributed by atoms with E-state index in [1.54, 1.807) is 0 Å². The van der Waals surface area contributed by atoms with Gasteiger partial charge in [0, 0.05) is 6.54 Å². The van der Waals surface area contributed by atoms with Crippen molar-refractivity contribution in [2.45, 2.75) is 51.6 Å². The molecule has 3 amide bonds. The van der Waals surface area contributed by atoms with E-state index in [4.69, 9.17) is 14.8 Å². The predicted molar refractivity (Wildman–Crippen MR) is 86.1 cm³/mol. The number of nitrogens with two attached hydrogens (primary N) is 1. The van der Waals surface area contributed by atoms with Crippen LogP contribution in [-0.4, -0.2) is 61.7 Å². The molecule has 12 heteroatoms. The minimum atomic E-state index is -4.62. The van der Waals surface area contributed by atoms with Gasteiger partial charge in [-0.05, 0) is 25.7 Å². The topological polar surface area (TPSA) is 146 Å². The average molecular weight is 393 g/mol. The van der Waals surface area contributed by atoms with Crippen LogP contribution in [0, 0.1) is 5.92 Å². The molecule has 11 nitrogen and oxygen atoms in total. The Bertz CT molecular complexity index is 663. The summed E-state index contributed by atoms with van der Waals surface area (Å²) in [7, 11) is -4.62. The molecular formula is C14H23N3O8S. The van der Waals surface area contributed by atoms with Crippen molar-refractivity contribution in [3.8, 4) is 0 Å². The fourth-order valence-electron chi connectivity index (χ4n) is 3.03. The molecule has 2 heterocycles. The van der Waals surface area contributed by atoms with Crippen LogP contribution in [0.2, 0.25) is 0 Å². The molecule has 148 valence electrons. The van der Waals surface area contributed by atoms with E-state index >= 15 is 0 Å². The van der Waals surface area contributed by atoms with Crippen LogP contribution in [0.15, 0.2) is 0 Å². The van der Waals surface area contributed by atoms with Gasteiger partial charge in [0.1, 0.15) is 6.04 Å². The maximum atomic E-state index is 12.2. The number of hydroxylamine groups is 2. The fourth-order valence-corrected chi connectivity index (χ4v) is 3.62. The zero-order chi connectivity index (χ0) is 19.5. The normalized spacial score (nSPS) is 22.8. The minimum absolute atomic E-state index is 0.131. The third-order valence-electron chi connectivity index (χ3n) is 4.54. The van der Waals surface area contributed by atoms with Gasteiger partial charge in [-0.1, -0.05) is 13.8 Å². The van der Waals surface area contributed by atoms with E-state index in [2.05, 4.69) is 4.18 Å². The molecule has 26 heavy (non-hydrogen) atoms. The molecule has 0 radical (unpaired) electrons. The van der Waals surface area contributed by atoms with Crippen molar-refractivity contribution >= 4 is 28.3 Å². The summed E-state index contributed by atoms with van der Waals surface area (Å²) < 4.78 is 37.7. The third kappa shape index (κ3) is 4.43. The van der Waals surface area contributed by atoms with Crippen LogP contribution in [-0.2, 0) is 33.2 Å². The maximum absolute atomic E-state index is 12.2. The smallest absolute Gasteiger partial charge is 0.424 e. The van der Waals surface area contributed by atoms with Crippen molar-refractivity contribution in [1.29, 1.82) is 0 Å². The number of hydrogen-bond donors (Lipinski definition) is 1. The van der Waals surface area contributed by atoms with Gasteiger partial charge < -0.3 is 15.4 Å². The summed E-state index contributed by atoms with van der Waals surface area (Å²) in [5, 5.41) is 0.654. The van der Waals surface area contributed by atoms with Gasteiger partial charge in [0.15, 0.2) is 0 Å². The van der Waals surface area contributed by atoms with Gasteiger partial charge in [-0.15, -0.1) is 4.28 Å². The number of carbonyl (C=O) groups is 3. The zero-order valence-corrected chi connectivity index (χ0v) is 15.4. The lowest BCUT2D eigenvalue weighted by Crippen LogP contribution is -2.47. The number of esters is 1. The Hall–Kier alpha value is -1.92. The highest BCUT2D eigenvalue weighted by Crippen LogP contribution is 2.30. The lowest BCUT2D eigenvalue weighted by atomic mass is 10.0. The molecule has 2 aliphatic heterocycles. The summed E-state index contributed by atoms with van der Waals surface area (Å²) >= 11 is 0. The molecule has 2 bridgehead atoms. The first-order valence-corrected chi connectivity index (χ1v) is 9.68. The number of carbonyl (C=O) groups excluding carboxylic acids is 3. The van der Waals surface area contributed by atoms with E-state index in [0.717, 1.165) is 0 Å². The molecule has 0 unspecified atom stereocenters. The molecule has 2 fully saturated rings. The van der Waals surface area contributed by atoms with E-state index in [1.165, 1.54) is 4.90 Å². The summed E-state index contributed by atoms with van der Waals surface area (Å²) in [5.74, 6) is -1.58. The summed E-state index contributed by atoms with van der Waals surface area (Å²) in [4.78, 5) is 36.5. The van der Waals surface area contributed by atoms with E-state index in [0.29, 0.717) is 30.7 Å². The summed E-state index contributed by atoms with van der Waals surface area (Å²) in [6.45, 7) is 2.90. The second-order valence-corrected chi connectivity index (χ2v) is 7.31. The molecule has 0 aromatic rings. The standard InChI is InChI=1S/C14H23N3O8S/c1-3-9(4-2)13(19)23-8-24-26(21,22)25-17-10-5-6-11(12(15)18)16(7-10)14(17)20/h9-11H,3-8H2,1-2H3,(H2,15,18)/t10-,11+/m1/s1. The van der Waals surface area contributed by atoms with Gasteiger partial charge in [-0.2, -0.15) is 13.5 Å². The summed E-state index contributed by atoms with van der Waals surface area (Å²) in [6.07, 6.45) is 1.79. The van der Waals surface area contributed by atoms with Gasteiger partial charge in [-0.25, -0.2) is 8.98 Å². The van der Waals surface area contributed by atoms with Crippen LogP contribution in [0.25, 0.3) is 0 Å². The molecule has 0 spiro atoms. The first-order valence-electron chi connectivity index (χ1n) is 8.34. The maximum Gasteiger partial charge on any atom is 0.424 e. The van der Waals surface area contributed by atoms with Crippen molar-refractivity contribution in [2.75, 3.05) is 13.3 Å². The van der Waals surface area contributed by atoms with Gasteiger partial charge in [0.25, 0.3) is 0 Å². The molecule has 2 rings (SSSR count). The number of urea groups is 1. The van der Waals surface area contributed by atoms with Crippen LogP contribution in [0.5, 0.6) is 0 Å². The Kier molecular flexibility index (Phi) is 6.42. The SMILES string of the molecule is CCC(CC)C(=O)OCOS(=O)(=O)ON1C(=O)N2C[C@H]1CC[C@H]2C(N)=O. The second kappa shape index (κ2) is 8.18. The summed E-state index contributed by atoms with van der Waals surface area (Å²) in [6, 6.07) is -2.11. The number of primary amides is 1. The first-order chi connectivity index (χ1) is 12.2. The molecule has 2 atom stereocenters. The Labute approximate surface area is 151 Å². The van der Waals surface area contributed by atoms with E-state index in [-0.39, 0.29) is 12.5 Å². The highest BCUT2D eigenvalue weighted by atomic mass is 32.3. The largest absolute Gasteiger partial charge is 0.437 e. The van der Waals surface area contributed by atoms with Crippen LogP contribution in [0.4, 0.5) is 4.79 Å². The number of fused-ring (bicyclic) bond motifs is 2. The van der Waals surface area contributed by atoms with Crippen molar-refractivity contribution in [3.63, 3.8) is 0 Å². The number of rotatable bonds is 9. The Balaban J connectivity index is 1.90. The van der Waals surface area contributed by atoms with Crippen LogP contribution in [0.3, 0.4) is 0 Å². The van der Waals surface area contributed by atoms with Crippen molar-refractivity contribution in [1.82, 2.24) is 9.96 Å². The molecule has 0 aromatic heterocycles. The highest BCUT2D eigenvalue weighted by molar-refractivity contribution is 7.81. The third-order valence-corrected chi connectivity index (χ3v) is 5.26. The van der Waals surface area contributed by atoms with Gasteiger partial charge in [0.2, 0.25) is 12.7 Å². The minimum Gasteiger partial charge on any atom is -0.437 e. The second-order valence-electron chi connectivity index (χ2n) is 6.11. The molecule has 0 aliphatic carbocycles. The van der Waals surface area contributed by atoms with Gasteiger partial charge in [-0.3, -0.25) is 9.59 Å². The molecule has 2 saturated heterocycles. The molecular weight excluding hydrogens is 370 g/mol. The molecule has 0 saturated carbocycles. The molecule has 0 aromatic carbocycles. The lowest BCUT2D eigenvalue weighted by molar-refractivity contribution is -0.156. The van der Waals surface area contributed by atoms with Crippen LogP contribution < -0.4 is 5.73 Å². The number of ether oxygens (including phenoxy) is 1. The van der Waals surface area contributed by atoms with E-state index in [9.17, 15) is 22.8 Å². The monoisotopic (exact) mass is 393 g/mol. The van der Waals surface area contributed by atoms with Crippen molar-refractivity contribution in [3.05, 3.63) is 0 Å². The first kappa shape index (κ1) is 20.4. The number of hydrogen-bond acceptors (Lipinski definition) is 8. The van der Waals surface area contributed by atoms with Crippen LogP contribution in [0.1, 0.15) is 39.5 Å². The quantitative estimate of drug-likeness (QED) is 0.421. The lowest BCUT2D eigenvalue weighted by Gasteiger charge is -2.27. The fraction of sp³-hybridized carbons (Fsp3) is 0.786. The van der Waals surface area contributed by atoms with Crippen LogP contribution >= 0.6 is 0 Å². The Morgan fingerprint density at radius 2 is 1.92 bits per heavy atom. The van der Waals surface area contributed by atoms with Crippen molar-refractivity contribution < 1.29 is 36.0 Å². The molecule has 2 N–H and O–H groups in total. The Morgan fingerprint density at radius 3 is 2.50 bits per heavy atom. The molecule has 2 aliphatic rings. The van der Waals surface area contributed by atoms with E-state index in [1.807, 2.05) is 13.8 Å². The van der Waals surface area contributed by atoms with Crippen molar-refractivity contribution in [2.24, 2.45) is 11.7 Å². The number of piperidine rings is 1. The zero-order valence-electron chi connectivity index (χ0n) is 14.6. The Morgan fingerprint density at radius 1 is 1.27 bits per heavy atom. The number of amides is 3. The predicted octanol–water partition coefficient (Wildman–Crippen LogP) is -0.130. The van der Waals surface area contributed by atoms with Gasteiger partial charge in [0.05, 0.1) is 12.0 Å².